The van der Waals surface area contributed by atoms with Crippen LogP contribution in [0.15, 0.2) is 18.2 Å². The van der Waals surface area contributed by atoms with E-state index in [0.717, 1.165) is 0 Å². The Morgan fingerprint density at radius 3 is 2.12 bits per heavy atom. The van der Waals surface area contributed by atoms with Gasteiger partial charge in [0.25, 0.3) is 0 Å². The lowest BCUT2D eigenvalue weighted by atomic mass is 9.97. The third kappa shape index (κ3) is 2.22. The van der Waals surface area contributed by atoms with E-state index in [0.29, 0.717) is 17.1 Å². The van der Waals surface area contributed by atoms with Crippen LogP contribution < -0.4 is 9.47 Å². The second-order valence-corrected chi connectivity index (χ2v) is 3.70. The third-order valence-electron chi connectivity index (χ3n) is 2.65. The number of carbonyl (C=O) groups excluding carboxylic acids is 2. The predicted molar refractivity (Wildman–Crippen MR) is 58.0 cm³/mol. The molecule has 0 aliphatic carbocycles. The molecule has 1 saturated heterocycles. The highest BCUT2D eigenvalue weighted by Crippen LogP contribution is 2.32. The van der Waals surface area contributed by atoms with Gasteiger partial charge in [-0.1, -0.05) is 0 Å². The van der Waals surface area contributed by atoms with E-state index in [9.17, 15) is 9.59 Å². The molecule has 0 aromatic heterocycles. The van der Waals surface area contributed by atoms with Gasteiger partial charge in [-0.25, -0.2) is 0 Å². The zero-order valence-electron chi connectivity index (χ0n) is 9.56. The minimum absolute atomic E-state index is 0.0646. The molecule has 5 heteroatoms. The maximum Gasteiger partial charge on any atom is 0.321 e. The van der Waals surface area contributed by atoms with Gasteiger partial charge in [0.15, 0.2) is 0 Å². The fraction of sp³-hybridized carbons (Fsp3) is 0.333. The van der Waals surface area contributed by atoms with E-state index in [1.54, 1.807) is 18.2 Å². The number of benzene rings is 1. The van der Waals surface area contributed by atoms with Crippen LogP contribution in [0.5, 0.6) is 11.5 Å². The van der Waals surface area contributed by atoms with Crippen LogP contribution in [0.4, 0.5) is 0 Å². The van der Waals surface area contributed by atoms with Crippen LogP contribution in [0.3, 0.4) is 0 Å². The Balaban J connectivity index is 2.37. The molecule has 0 radical (unpaired) electrons. The maximum atomic E-state index is 11.5. The Bertz CT molecular complexity index is 444. The van der Waals surface area contributed by atoms with Gasteiger partial charge in [-0.3, -0.25) is 9.59 Å². The van der Waals surface area contributed by atoms with E-state index in [1.165, 1.54) is 14.2 Å². The standard InChI is InChI=1S/C12H12O5/c1-15-8-3-7(4-9(5-8)16-2)10-6-11(13)17-12(10)14/h3-5,10H,6H2,1-2H3. The van der Waals surface area contributed by atoms with Gasteiger partial charge < -0.3 is 14.2 Å². The quantitative estimate of drug-likeness (QED) is 0.584. The summed E-state index contributed by atoms with van der Waals surface area (Å²) in [6, 6.07) is 5.10. The maximum absolute atomic E-state index is 11.5. The van der Waals surface area contributed by atoms with Crippen molar-refractivity contribution in [1.82, 2.24) is 0 Å². The molecule has 1 unspecified atom stereocenters. The lowest BCUT2D eigenvalue weighted by Crippen LogP contribution is -2.06. The number of cyclic esters (lactones) is 2. The predicted octanol–water partition coefficient (Wildman–Crippen LogP) is 1.26. The Morgan fingerprint density at radius 1 is 1.12 bits per heavy atom. The highest BCUT2D eigenvalue weighted by Gasteiger charge is 2.35. The van der Waals surface area contributed by atoms with Crippen LogP contribution in [0.1, 0.15) is 17.9 Å². The molecule has 1 aliphatic rings. The molecule has 5 nitrogen and oxygen atoms in total. The molecule has 1 aromatic rings. The van der Waals surface area contributed by atoms with E-state index in [1.807, 2.05) is 0 Å². The third-order valence-corrected chi connectivity index (χ3v) is 2.65. The molecule has 1 aliphatic heterocycles. The van der Waals surface area contributed by atoms with Gasteiger partial charge in [0.2, 0.25) is 0 Å². The molecule has 1 fully saturated rings. The van der Waals surface area contributed by atoms with Crippen molar-refractivity contribution < 1.29 is 23.8 Å². The number of carbonyl (C=O) groups is 2. The first-order valence-electron chi connectivity index (χ1n) is 5.11. The van der Waals surface area contributed by atoms with Crippen molar-refractivity contribution in [1.29, 1.82) is 0 Å². The van der Waals surface area contributed by atoms with E-state index < -0.39 is 17.9 Å². The Hall–Kier alpha value is -2.04. The molecule has 1 heterocycles. The van der Waals surface area contributed by atoms with Crippen molar-refractivity contribution in [3.8, 4) is 11.5 Å². The fourth-order valence-corrected chi connectivity index (χ4v) is 1.76. The number of esters is 2. The molecular weight excluding hydrogens is 224 g/mol. The Kier molecular flexibility index (Phi) is 2.99. The van der Waals surface area contributed by atoms with E-state index in [-0.39, 0.29) is 6.42 Å². The Morgan fingerprint density at radius 2 is 1.71 bits per heavy atom. The van der Waals surface area contributed by atoms with E-state index in [2.05, 4.69) is 4.74 Å². The summed E-state index contributed by atoms with van der Waals surface area (Å²) >= 11 is 0. The van der Waals surface area contributed by atoms with Crippen molar-refractivity contribution in [3.05, 3.63) is 23.8 Å². The number of ether oxygens (including phenoxy) is 3. The van der Waals surface area contributed by atoms with Crippen LogP contribution >= 0.6 is 0 Å². The van der Waals surface area contributed by atoms with Gasteiger partial charge in [0.05, 0.1) is 26.6 Å². The lowest BCUT2D eigenvalue weighted by Gasteiger charge is -2.10. The van der Waals surface area contributed by atoms with Gasteiger partial charge in [0.1, 0.15) is 11.5 Å². The summed E-state index contributed by atoms with van der Waals surface area (Å²) in [5, 5.41) is 0. The fourth-order valence-electron chi connectivity index (χ4n) is 1.76. The molecule has 90 valence electrons. The van der Waals surface area contributed by atoms with E-state index in [4.69, 9.17) is 9.47 Å². The molecule has 0 spiro atoms. The molecule has 1 aromatic carbocycles. The summed E-state index contributed by atoms with van der Waals surface area (Å²) in [6.07, 6.45) is 0.0646. The van der Waals surface area contributed by atoms with Crippen molar-refractivity contribution in [2.24, 2.45) is 0 Å². The summed E-state index contributed by atoms with van der Waals surface area (Å²) in [5.74, 6) is -0.434. The SMILES string of the molecule is COc1cc(OC)cc(C2CC(=O)OC2=O)c1. The van der Waals surface area contributed by atoms with Crippen LogP contribution in [0.2, 0.25) is 0 Å². The summed E-state index contributed by atoms with van der Waals surface area (Å²) in [5.41, 5.74) is 0.664. The second-order valence-electron chi connectivity index (χ2n) is 3.70. The molecule has 1 atom stereocenters. The summed E-state index contributed by atoms with van der Waals surface area (Å²) in [4.78, 5) is 22.5. The molecule has 17 heavy (non-hydrogen) atoms. The van der Waals surface area contributed by atoms with Gasteiger partial charge in [-0.15, -0.1) is 0 Å². The van der Waals surface area contributed by atoms with E-state index >= 15 is 0 Å². The Labute approximate surface area is 98.3 Å². The van der Waals surface area contributed by atoms with Crippen molar-refractivity contribution in [2.75, 3.05) is 14.2 Å². The number of hydrogen-bond acceptors (Lipinski definition) is 5. The van der Waals surface area contributed by atoms with Crippen LogP contribution in [-0.2, 0) is 14.3 Å². The number of rotatable bonds is 3. The average molecular weight is 236 g/mol. The lowest BCUT2D eigenvalue weighted by molar-refractivity contribution is -0.152. The monoisotopic (exact) mass is 236 g/mol. The zero-order chi connectivity index (χ0) is 12.4. The van der Waals surface area contributed by atoms with Crippen molar-refractivity contribution >= 4 is 11.9 Å². The average Bonchev–Trinajstić information content (AvgIpc) is 2.67. The largest absolute Gasteiger partial charge is 0.497 e. The first kappa shape index (κ1) is 11.4. The van der Waals surface area contributed by atoms with Crippen molar-refractivity contribution in [2.45, 2.75) is 12.3 Å². The molecule has 0 amide bonds. The number of methoxy groups -OCH3 is 2. The zero-order valence-corrected chi connectivity index (χ0v) is 9.56. The summed E-state index contributed by atoms with van der Waals surface area (Å²) in [6.45, 7) is 0. The first-order valence-corrected chi connectivity index (χ1v) is 5.11. The van der Waals surface area contributed by atoms with Crippen LogP contribution in [0, 0.1) is 0 Å². The molecule has 2 rings (SSSR count). The van der Waals surface area contributed by atoms with Crippen LogP contribution in [0.25, 0.3) is 0 Å². The molecule has 0 saturated carbocycles. The highest BCUT2D eigenvalue weighted by atomic mass is 16.6. The minimum Gasteiger partial charge on any atom is -0.497 e. The topological polar surface area (TPSA) is 61.8 Å². The van der Waals surface area contributed by atoms with Gasteiger partial charge in [0, 0.05) is 6.07 Å². The van der Waals surface area contributed by atoms with Gasteiger partial charge in [-0.2, -0.15) is 0 Å². The normalized spacial score (nSPS) is 19.1. The summed E-state index contributed by atoms with van der Waals surface area (Å²) < 4.78 is 14.7. The number of hydrogen-bond donors (Lipinski definition) is 0. The van der Waals surface area contributed by atoms with Crippen molar-refractivity contribution in [3.63, 3.8) is 0 Å². The minimum atomic E-state index is -0.563. The molecular formula is C12H12O5. The second kappa shape index (κ2) is 4.45. The highest BCUT2D eigenvalue weighted by molar-refractivity contribution is 5.97. The smallest absolute Gasteiger partial charge is 0.321 e. The molecule has 0 N–H and O–H groups in total. The molecule has 0 bridgehead atoms. The summed E-state index contributed by atoms with van der Waals surface area (Å²) in [7, 11) is 3.05. The first-order chi connectivity index (χ1) is 8.13. The van der Waals surface area contributed by atoms with Gasteiger partial charge in [-0.05, 0) is 17.7 Å². The van der Waals surface area contributed by atoms with Gasteiger partial charge >= 0.3 is 11.9 Å². The van der Waals surface area contributed by atoms with Crippen LogP contribution in [-0.4, -0.2) is 26.2 Å².